The molecule has 0 saturated heterocycles. The molecule has 9 heteroatoms. The summed E-state index contributed by atoms with van der Waals surface area (Å²) in [6, 6.07) is 8.69. The summed E-state index contributed by atoms with van der Waals surface area (Å²) in [6.45, 7) is 1.71. The molecule has 2 aromatic carbocycles. The van der Waals surface area contributed by atoms with Crippen LogP contribution >= 0.6 is 15.9 Å². The van der Waals surface area contributed by atoms with Gasteiger partial charge in [0.2, 0.25) is 10.0 Å². The minimum absolute atomic E-state index is 0.131. The topological polar surface area (TPSA) is 67.6 Å². The van der Waals surface area contributed by atoms with Gasteiger partial charge in [-0.1, -0.05) is 31.2 Å². The largest absolute Gasteiger partial charge is 0.455 e. The summed E-state index contributed by atoms with van der Waals surface area (Å²) >= 11 is 3.36. The lowest BCUT2D eigenvalue weighted by Crippen LogP contribution is -2.25. The van der Waals surface area contributed by atoms with Crippen molar-refractivity contribution in [3.63, 3.8) is 0 Å². The van der Waals surface area contributed by atoms with Crippen LogP contribution in [0.2, 0.25) is 0 Å². The first-order valence-corrected chi connectivity index (χ1v) is 11.3. The van der Waals surface area contributed by atoms with E-state index < -0.39 is 16.4 Å². The van der Waals surface area contributed by atoms with Crippen LogP contribution in [-0.4, -0.2) is 27.5 Å². The number of hydrogen-bond acceptors (Lipinski definition) is 4. The minimum Gasteiger partial charge on any atom is -0.455 e. The molecule has 0 N–H and O–H groups in total. The Morgan fingerprint density at radius 1 is 1.21 bits per heavy atom. The maximum Gasteiger partial charge on any atom is 0.263 e. The number of ketones is 1. The van der Waals surface area contributed by atoms with Crippen molar-refractivity contribution in [3.05, 3.63) is 52.0 Å². The molecule has 0 aliphatic rings. The molecule has 0 spiro atoms. The van der Waals surface area contributed by atoms with Crippen LogP contribution in [-0.2, 0) is 10.0 Å². The van der Waals surface area contributed by atoms with Crippen molar-refractivity contribution in [2.24, 2.45) is 0 Å². The van der Waals surface area contributed by atoms with E-state index in [4.69, 9.17) is 4.42 Å². The Hall–Kier alpha value is -2.26. The molecule has 0 radical (unpaired) electrons. The van der Waals surface area contributed by atoms with Crippen LogP contribution in [0.1, 0.15) is 35.7 Å². The van der Waals surface area contributed by atoms with Gasteiger partial charge in [-0.3, -0.25) is 9.10 Å². The maximum absolute atomic E-state index is 12.9. The predicted octanol–water partition coefficient (Wildman–Crippen LogP) is 5.79. The summed E-state index contributed by atoms with van der Waals surface area (Å²) in [5.41, 5.74) is 1.36. The second-order valence-electron chi connectivity index (χ2n) is 6.54. The summed E-state index contributed by atoms with van der Waals surface area (Å²) < 4.78 is 57.0. The van der Waals surface area contributed by atoms with Gasteiger partial charge in [0.25, 0.3) is 6.43 Å². The summed E-state index contributed by atoms with van der Waals surface area (Å²) in [5.74, 6) is 0.0894. The van der Waals surface area contributed by atoms with Gasteiger partial charge in [-0.15, -0.1) is 0 Å². The molecule has 0 atom stereocenters. The van der Waals surface area contributed by atoms with Crippen molar-refractivity contribution in [3.8, 4) is 11.3 Å². The molecule has 154 valence electrons. The number of alkyl halides is 2. The number of hydrogen-bond donors (Lipinski definition) is 0. The number of benzene rings is 2. The third kappa shape index (κ3) is 4.06. The molecule has 3 aromatic rings. The molecule has 1 aromatic heterocycles. The Labute approximate surface area is 175 Å². The van der Waals surface area contributed by atoms with Crippen LogP contribution in [0.5, 0.6) is 0 Å². The smallest absolute Gasteiger partial charge is 0.263 e. The maximum atomic E-state index is 12.9. The second-order valence-corrected chi connectivity index (χ2v) is 9.40. The average molecular weight is 486 g/mol. The van der Waals surface area contributed by atoms with E-state index in [0.717, 1.165) is 10.6 Å². The molecule has 29 heavy (non-hydrogen) atoms. The fraction of sp³-hybridized carbons (Fsp3) is 0.250. The van der Waals surface area contributed by atoms with Crippen molar-refractivity contribution >= 4 is 48.4 Å². The van der Waals surface area contributed by atoms with Crippen LogP contribution in [0.3, 0.4) is 0 Å². The van der Waals surface area contributed by atoms with Crippen LogP contribution in [0, 0.1) is 0 Å². The van der Waals surface area contributed by atoms with Gasteiger partial charge < -0.3 is 4.42 Å². The molecule has 1 heterocycles. The third-order valence-electron chi connectivity index (χ3n) is 4.62. The number of rotatable bonds is 6. The van der Waals surface area contributed by atoms with Crippen molar-refractivity contribution < 1.29 is 26.4 Å². The van der Waals surface area contributed by atoms with Crippen molar-refractivity contribution in [1.29, 1.82) is 0 Å². The predicted molar refractivity (Wildman–Crippen MR) is 112 cm³/mol. The standard InChI is InChI=1S/C20H18BrF2NO4S/c1-4-16(25)18-13-9-14(21)15(24(2)29(3,26)27)10-17(13)28-19(18)11-5-7-12(8-6-11)20(22)23/h5-10,20H,4H2,1-3H3. The zero-order chi connectivity index (χ0) is 21.5. The van der Waals surface area contributed by atoms with Crippen molar-refractivity contribution in [2.45, 2.75) is 19.8 Å². The van der Waals surface area contributed by atoms with Gasteiger partial charge in [0.05, 0.1) is 17.5 Å². The molecule has 0 amide bonds. The third-order valence-corrected chi connectivity index (χ3v) is 6.45. The van der Waals surface area contributed by atoms with E-state index in [1.807, 2.05) is 0 Å². The Balaban J connectivity index is 2.26. The van der Waals surface area contributed by atoms with Gasteiger partial charge in [0, 0.05) is 40.5 Å². The number of Topliss-reactive ketones (excluding diaryl/α,β-unsaturated/α-hetero) is 1. The second kappa shape index (κ2) is 7.87. The Morgan fingerprint density at radius 3 is 2.34 bits per heavy atom. The van der Waals surface area contributed by atoms with Crippen molar-refractivity contribution in [1.82, 2.24) is 0 Å². The summed E-state index contributed by atoms with van der Waals surface area (Å²) in [6.07, 6.45) is -1.30. The fourth-order valence-electron chi connectivity index (χ4n) is 2.96. The number of carbonyl (C=O) groups excluding carboxylic acids is 1. The summed E-state index contributed by atoms with van der Waals surface area (Å²) in [5, 5.41) is 0.516. The van der Waals surface area contributed by atoms with Gasteiger partial charge in [-0.05, 0) is 22.0 Å². The van der Waals surface area contributed by atoms with Crippen LogP contribution in [0.15, 0.2) is 45.3 Å². The number of sulfonamides is 1. The molecule has 0 unspecified atom stereocenters. The van der Waals surface area contributed by atoms with Crippen LogP contribution in [0.4, 0.5) is 14.5 Å². The zero-order valence-electron chi connectivity index (χ0n) is 15.9. The number of anilines is 1. The highest BCUT2D eigenvalue weighted by Gasteiger charge is 2.24. The number of nitrogens with zero attached hydrogens (tertiary/aromatic N) is 1. The van der Waals surface area contributed by atoms with E-state index >= 15 is 0 Å². The normalized spacial score (nSPS) is 12.0. The van der Waals surface area contributed by atoms with E-state index in [9.17, 15) is 22.0 Å². The van der Waals surface area contributed by atoms with E-state index in [1.54, 1.807) is 13.0 Å². The molecule has 0 aliphatic carbocycles. The molecular weight excluding hydrogens is 468 g/mol. The van der Waals surface area contributed by atoms with Gasteiger partial charge in [0.15, 0.2) is 5.78 Å². The highest BCUT2D eigenvalue weighted by Crippen LogP contribution is 2.40. The molecule has 0 saturated carbocycles. The Bertz CT molecular complexity index is 1190. The zero-order valence-corrected chi connectivity index (χ0v) is 18.3. The fourth-order valence-corrected chi connectivity index (χ4v) is 4.20. The number of halogens is 3. The van der Waals surface area contributed by atoms with E-state index in [-0.39, 0.29) is 23.5 Å². The summed E-state index contributed by atoms with van der Waals surface area (Å²) in [7, 11) is -2.10. The highest BCUT2D eigenvalue weighted by molar-refractivity contribution is 9.10. The van der Waals surface area contributed by atoms with Gasteiger partial charge in [-0.2, -0.15) is 0 Å². The molecule has 0 bridgehead atoms. The lowest BCUT2D eigenvalue weighted by molar-refractivity contribution is 0.0989. The monoisotopic (exact) mass is 485 g/mol. The Kier molecular flexibility index (Phi) is 5.82. The average Bonchev–Trinajstić information content (AvgIpc) is 3.03. The van der Waals surface area contributed by atoms with Crippen LogP contribution < -0.4 is 4.31 Å². The minimum atomic E-state index is -3.51. The molecule has 0 fully saturated rings. The van der Waals surface area contributed by atoms with Crippen molar-refractivity contribution in [2.75, 3.05) is 17.6 Å². The lowest BCUT2D eigenvalue weighted by Gasteiger charge is -2.18. The molecule has 5 nitrogen and oxygen atoms in total. The first-order chi connectivity index (χ1) is 13.5. The Morgan fingerprint density at radius 2 is 1.83 bits per heavy atom. The van der Waals surface area contributed by atoms with Gasteiger partial charge in [0.1, 0.15) is 11.3 Å². The lowest BCUT2D eigenvalue weighted by atomic mass is 10.00. The highest BCUT2D eigenvalue weighted by atomic mass is 79.9. The first-order valence-electron chi connectivity index (χ1n) is 8.66. The van der Waals surface area contributed by atoms with Gasteiger partial charge in [-0.25, -0.2) is 17.2 Å². The SMILES string of the molecule is CCC(=O)c1c(-c2ccc(C(F)F)cc2)oc2cc(N(C)S(C)(=O)=O)c(Br)cc12. The molecule has 3 rings (SSSR count). The van der Waals surface area contributed by atoms with E-state index in [2.05, 4.69) is 15.9 Å². The van der Waals surface area contributed by atoms with Crippen LogP contribution in [0.25, 0.3) is 22.3 Å². The van der Waals surface area contributed by atoms with Gasteiger partial charge >= 0.3 is 0 Å². The summed E-state index contributed by atoms with van der Waals surface area (Å²) in [4.78, 5) is 12.6. The first kappa shape index (κ1) is 21.4. The number of fused-ring (bicyclic) bond motifs is 1. The van der Waals surface area contributed by atoms with E-state index in [0.29, 0.717) is 32.3 Å². The quantitative estimate of drug-likeness (QED) is 0.414. The molecule has 0 aliphatic heterocycles. The molecular formula is C20H18BrF2NO4S. The van der Waals surface area contributed by atoms with E-state index in [1.165, 1.54) is 37.4 Å². The number of carbonyl (C=O) groups is 1. The number of furan rings is 1.